The highest BCUT2D eigenvalue weighted by molar-refractivity contribution is 7.12. The second-order valence-corrected chi connectivity index (χ2v) is 7.04. The predicted octanol–water partition coefficient (Wildman–Crippen LogP) is 3.34. The summed E-state index contributed by atoms with van der Waals surface area (Å²) in [6, 6.07) is 7.98. The summed E-state index contributed by atoms with van der Waals surface area (Å²) in [5.74, 6) is -0.468. The lowest BCUT2D eigenvalue weighted by atomic mass is 10.0. The molecule has 2 aromatic rings. The van der Waals surface area contributed by atoms with Crippen molar-refractivity contribution in [1.29, 1.82) is 0 Å². The van der Waals surface area contributed by atoms with Gasteiger partial charge in [-0.25, -0.2) is 4.39 Å². The summed E-state index contributed by atoms with van der Waals surface area (Å²) >= 11 is 1.38. The monoisotopic (exact) mass is 348 g/mol. The molecular weight excluding hydrogens is 327 g/mol. The number of halogens is 1. The van der Waals surface area contributed by atoms with Gasteiger partial charge in [0, 0.05) is 24.3 Å². The van der Waals surface area contributed by atoms with Gasteiger partial charge in [0.25, 0.3) is 5.91 Å². The molecule has 1 fully saturated rings. The first-order chi connectivity index (χ1) is 11.5. The average Bonchev–Trinajstić information content (AvgIpc) is 3.10. The van der Waals surface area contributed by atoms with Crippen LogP contribution in [0.1, 0.15) is 41.0 Å². The van der Waals surface area contributed by atoms with E-state index < -0.39 is 0 Å². The van der Waals surface area contributed by atoms with E-state index in [1.165, 1.54) is 23.5 Å². The molecule has 0 saturated carbocycles. The number of nitrogens with one attached hydrogen (secondary N) is 1. The van der Waals surface area contributed by atoms with Gasteiger partial charge in [0.1, 0.15) is 5.82 Å². The molecule has 6 heteroatoms. The highest BCUT2D eigenvalue weighted by Crippen LogP contribution is 2.30. The van der Waals surface area contributed by atoms with E-state index in [2.05, 4.69) is 10.2 Å². The van der Waals surface area contributed by atoms with Crippen LogP contribution in [0.5, 0.6) is 0 Å². The van der Waals surface area contributed by atoms with Crippen LogP contribution in [0.2, 0.25) is 0 Å². The minimum absolute atomic E-state index is 0.151. The summed E-state index contributed by atoms with van der Waals surface area (Å²) in [4.78, 5) is 15.1. The number of amides is 1. The van der Waals surface area contributed by atoms with Gasteiger partial charge in [-0.15, -0.1) is 11.3 Å². The van der Waals surface area contributed by atoms with Crippen molar-refractivity contribution in [2.24, 2.45) is 0 Å². The molecule has 1 saturated heterocycles. The van der Waals surface area contributed by atoms with Crippen LogP contribution in [0.4, 0.5) is 10.1 Å². The van der Waals surface area contributed by atoms with Crippen LogP contribution in [0, 0.1) is 5.82 Å². The van der Waals surface area contributed by atoms with E-state index in [0.717, 1.165) is 24.3 Å². The topological polar surface area (TPSA) is 52.6 Å². The molecule has 0 spiro atoms. The fourth-order valence-electron chi connectivity index (χ4n) is 3.02. The number of anilines is 1. The van der Waals surface area contributed by atoms with Crippen molar-refractivity contribution < 1.29 is 14.3 Å². The third kappa shape index (κ3) is 3.76. The van der Waals surface area contributed by atoms with Crippen LogP contribution in [-0.2, 0) is 0 Å². The Labute approximate surface area is 144 Å². The Kier molecular flexibility index (Phi) is 5.16. The molecule has 1 amide bonds. The maximum Gasteiger partial charge on any atom is 0.261 e. The highest BCUT2D eigenvalue weighted by atomic mass is 32.1. The lowest BCUT2D eigenvalue weighted by molar-refractivity contribution is 0.0944. The molecule has 1 aromatic carbocycles. The standard InChI is InChI=1S/C18H21FN2O2S/c1-12(20-18(23)17-3-2-10-24-17)15-11-13(19)4-5-16(15)21-8-6-14(22)7-9-21/h2-5,10-12,14,22H,6-9H2,1H3,(H,20,23). The molecule has 0 aliphatic carbocycles. The Bertz CT molecular complexity index is 697. The molecule has 128 valence electrons. The number of carbonyl (C=O) groups excluding carboxylic acids is 1. The summed E-state index contributed by atoms with van der Waals surface area (Å²) in [5, 5.41) is 14.5. The Morgan fingerprint density at radius 2 is 2.12 bits per heavy atom. The van der Waals surface area contributed by atoms with Crippen molar-refractivity contribution in [1.82, 2.24) is 5.32 Å². The lowest BCUT2D eigenvalue weighted by Gasteiger charge is -2.34. The number of rotatable bonds is 4. The summed E-state index contributed by atoms with van der Waals surface area (Å²) in [5.41, 5.74) is 1.68. The number of nitrogens with zero attached hydrogens (tertiary/aromatic N) is 1. The fraction of sp³-hybridized carbons (Fsp3) is 0.389. The van der Waals surface area contributed by atoms with Crippen molar-refractivity contribution in [3.8, 4) is 0 Å². The van der Waals surface area contributed by atoms with E-state index in [0.29, 0.717) is 17.7 Å². The van der Waals surface area contributed by atoms with E-state index in [9.17, 15) is 14.3 Å². The van der Waals surface area contributed by atoms with Crippen molar-refractivity contribution >= 4 is 22.9 Å². The van der Waals surface area contributed by atoms with Crippen molar-refractivity contribution in [2.75, 3.05) is 18.0 Å². The van der Waals surface area contributed by atoms with Gasteiger partial charge in [-0.2, -0.15) is 0 Å². The first kappa shape index (κ1) is 16.9. The molecule has 1 atom stereocenters. The van der Waals surface area contributed by atoms with E-state index in [1.807, 2.05) is 18.4 Å². The summed E-state index contributed by atoms with van der Waals surface area (Å²) in [6.45, 7) is 3.32. The van der Waals surface area contributed by atoms with Gasteiger partial charge in [-0.3, -0.25) is 4.79 Å². The third-order valence-corrected chi connectivity index (χ3v) is 5.22. The molecular formula is C18H21FN2O2S. The minimum atomic E-state index is -0.317. The molecule has 2 heterocycles. The molecule has 0 bridgehead atoms. The first-order valence-corrected chi connectivity index (χ1v) is 8.99. The number of benzene rings is 1. The van der Waals surface area contributed by atoms with E-state index in [4.69, 9.17) is 0 Å². The van der Waals surface area contributed by atoms with Crippen molar-refractivity contribution in [3.63, 3.8) is 0 Å². The van der Waals surface area contributed by atoms with E-state index in [-0.39, 0.29) is 23.9 Å². The number of piperidine rings is 1. The second-order valence-electron chi connectivity index (χ2n) is 6.09. The number of aliphatic hydroxyl groups is 1. The molecule has 3 rings (SSSR count). The number of aliphatic hydroxyl groups excluding tert-OH is 1. The average molecular weight is 348 g/mol. The molecule has 2 N–H and O–H groups in total. The Balaban J connectivity index is 1.80. The maximum atomic E-state index is 13.8. The van der Waals surface area contributed by atoms with Crippen molar-refractivity contribution in [2.45, 2.75) is 31.9 Å². The third-order valence-electron chi connectivity index (χ3n) is 4.35. The molecule has 1 aliphatic heterocycles. The number of hydrogen-bond donors (Lipinski definition) is 2. The normalized spacial score (nSPS) is 16.9. The smallest absolute Gasteiger partial charge is 0.261 e. The Morgan fingerprint density at radius 1 is 1.38 bits per heavy atom. The quantitative estimate of drug-likeness (QED) is 0.891. The van der Waals surface area contributed by atoms with Crippen LogP contribution in [-0.4, -0.2) is 30.2 Å². The zero-order valence-corrected chi connectivity index (χ0v) is 14.4. The molecule has 24 heavy (non-hydrogen) atoms. The number of carbonyl (C=O) groups is 1. The van der Waals surface area contributed by atoms with Gasteiger partial charge in [0.2, 0.25) is 0 Å². The fourth-order valence-corrected chi connectivity index (χ4v) is 3.65. The van der Waals surface area contributed by atoms with Crippen LogP contribution >= 0.6 is 11.3 Å². The maximum absolute atomic E-state index is 13.8. The Hall–Kier alpha value is -1.92. The number of hydrogen-bond acceptors (Lipinski definition) is 4. The largest absolute Gasteiger partial charge is 0.393 e. The molecule has 4 nitrogen and oxygen atoms in total. The lowest BCUT2D eigenvalue weighted by Crippen LogP contribution is -2.37. The van der Waals surface area contributed by atoms with Gasteiger partial charge in [0.05, 0.1) is 17.0 Å². The minimum Gasteiger partial charge on any atom is -0.393 e. The van der Waals surface area contributed by atoms with Gasteiger partial charge in [-0.1, -0.05) is 6.07 Å². The van der Waals surface area contributed by atoms with E-state index >= 15 is 0 Å². The van der Waals surface area contributed by atoms with Gasteiger partial charge in [-0.05, 0) is 49.4 Å². The Morgan fingerprint density at radius 3 is 2.79 bits per heavy atom. The number of thiophene rings is 1. The van der Waals surface area contributed by atoms with Crippen molar-refractivity contribution in [3.05, 3.63) is 52.0 Å². The zero-order chi connectivity index (χ0) is 17.1. The SMILES string of the molecule is CC(NC(=O)c1cccs1)c1cc(F)ccc1N1CCC(O)CC1. The van der Waals surface area contributed by atoms with Crippen LogP contribution in [0.25, 0.3) is 0 Å². The summed E-state index contributed by atoms with van der Waals surface area (Å²) < 4.78 is 13.8. The van der Waals surface area contributed by atoms with Gasteiger partial charge < -0.3 is 15.3 Å². The van der Waals surface area contributed by atoms with Gasteiger partial charge >= 0.3 is 0 Å². The van der Waals surface area contributed by atoms with Crippen LogP contribution in [0.3, 0.4) is 0 Å². The predicted molar refractivity (Wildman–Crippen MR) is 94.1 cm³/mol. The summed E-state index contributed by atoms with van der Waals surface area (Å²) in [7, 11) is 0. The van der Waals surface area contributed by atoms with Crippen LogP contribution < -0.4 is 10.2 Å². The molecule has 1 aromatic heterocycles. The first-order valence-electron chi connectivity index (χ1n) is 8.11. The highest BCUT2D eigenvalue weighted by Gasteiger charge is 2.22. The molecule has 1 aliphatic rings. The van der Waals surface area contributed by atoms with Crippen LogP contribution in [0.15, 0.2) is 35.7 Å². The zero-order valence-electron chi connectivity index (χ0n) is 13.5. The second kappa shape index (κ2) is 7.32. The van der Waals surface area contributed by atoms with E-state index in [1.54, 1.807) is 12.1 Å². The summed E-state index contributed by atoms with van der Waals surface area (Å²) in [6.07, 6.45) is 1.14. The molecule has 1 unspecified atom stereocenters. The van der Waals surface area contributed by atoms with Gasteiger partial charge in [0.15, 0.2) is 0 Å². The molecule has 0 radical (unpaired) electrons.